The molecule has 0 saturated carbocycles. The van der Waals surface area contributed by atoms with Crippen molar-refractivity contribution in [2.45, 2.75) is 19.5 Å². The fourth-order valence-electron chi connectivity index (χ4n) is 1.64. The van der Waals surface area contributed by atoms with Crippen molar-refractivity contribution in [3.63, 3.8) is 0 Å². The minimum atomic E-state index is -4.68. The highest BCUT2D eigenvalue weighted by atomic mass is 35.5. The standard InChI is InChI=1S/C13H11ClF3NOS/c14-12-6-5-10(20-12)8-18-7-9-3-1-2-4-11(9)19-13(15,16)17/h1-6,18H,7-8H2. The van der Waals surface area contributed by atoms with Crippen LogP contribution in [0.5, 0.6) is 5.75 Å². The molecule has 0 aliphatic rings. The van der Waals surface area contributed by atoms with Crippen LogP contribution in [0.3, 0.4) is 0 Å². The van der Waals surface area contributed by atoms with E-state index in [4.69, 9.17) is 11.6 Å². The van der Waals surface area contributed by atoms with Crippen molar-refractivity contribution in [2.75, 3.05) is 0 Å². The van der Waals surface area contributed by atoms with Crippen molar-refractivity contribution in [3.8, 4) is 5.75 Å². The summed E-state index contributed by atoms with van der Waals surface area (Å²) in [6, 6.07) is 9.72. The third kappa shape index (κ3) is 4.70. The van der Waals surface area contributed by atoms with Crippen molar-refractivity contribution in [1.29, 1.82) is 0 Å². The Morgan fingerprint density at radius 3 is 2.50 bits per heavy atom. The number of hydrogen-bond acceptors (Lipinski definition) is 3. The van der Waals surface area contributed by atoms with E-state index in [0.29, 0.717) is 16.4 Å². The lowest BCUT2D eigenvalue weighted by atomic mass is 10.2. The van der Waals surface area contributed by atoms with Crippen LogP contribution in [0.2, 0.25) is 4.34 Å². The first-order valence-corrected chi connectivity index (χ1v) is 6.92. The normalized spacial score (nSPS) is 11.6. The monoisotopic (exact) mass is 321 g/mol. The van der Waals surface area contributed by atoms with E-state index in [-0.39, 0.29) is 12.3 Å². The molecule has 20 heavy (non-hydrogen) atoms. The molecule has 0 unspecified atom stereocenters. The molecule has 1 aromatic heterocycles. The van der Waals surface area contributed by atoms with E-state index in [1.54, 1.807) is 18.2 Å². The molecule has 7 heteroatoms. The Bertz CT molecular complexity index is 571. The van der Waals surface area contributed by atoms with Gasteiger partial charge in [-0.2, -0.15) is 0 Å². The Balaban J connectivity index is 1.95. The maximum absolute atomic E-state index is 12.3. The Morgan fingerprint density at radius 1 is 1.10 bits per heavy atom. The summed E-state index contributed by atoms with van der Waals surface area (Å²) in [5, 5.41) is 3.06. The second-order valence-electron chi connectivity index (χ2n) is 3.96. The molecule has 0 aliphatic carbocycles. The van der Waals surface area contributed by atoms with E-state index in [0.717, 1.165) is 4.88 Å². The Morgan fingerprint density at radius 2 is 1.85 bits per heavy atom. The van der Waals surface area contributed by atoms with Crippen LogP contribution in [0.4, 0.5) is 13.2 Å². The van der Waals surface area contributed by atoms with E-state index in [9.17, 15) is 13.2 Å². The van der Waals surface area contributed by atoms with Crippen molar-refractivity contribution < 1.29 is 17.9 Å². The molecule has 2 nitrogen and oxygen atoms in total. The van der Waals surface area contributed by atoms with Crippen molar-refractivity contribution in [3.05, 3.63) is 51.2 Å². The first-order chi connectivity index (χ1) is 9.44. The lowest BCUT2D eigenvalue weighted by molar-refractivity contribution is -0.274. The number of benzene rings is 1. The SMILES string of the molecule is FC(F)(F)Oc1ccccc1CNCc1ccc(Cl)s1. The highest BCUT2D eigenvalue weighted by molar-refractivity contribution is 7.16. The molecule has 0 fully saturated rings. The lowest BCUT2D eigenvalue weighted by Gasteiger charge is -2.13. The summed E-state index contributed by atoms with van der Waals surface area (Å²) in [6.07, 6.45) is -4.68. The van der Waals surface area contributed by atoms with Gasteiger partial charge in [-0.15, -0.1) is 24.5 Å². The maximum Gasteiger partial charge on any atom is 0.573 e. The predicted octanol–water partition coefficient (Wildman–Crippen LogP) is 4.59. The first kappa shape index (κ1) is 15.2. The van der Waals surface area contributed by atoms with Crippen molar-refractivity contribution in [1.82, 2.24) is 5.32 Å². The summed E-state index contributed by atoms with van der Waals surface area (Å²) in [5.74, 6) is -0.184. The molecule has 0 amide bonds. The average Bonchev–Trinajstić information content (AvgIpc) is 2.75. The third-order valence-electron chi connectivity index (χ3n) is 2.44. The average molecular weight is 322 g/mol. The van der Waals surface area contributed by atoms with E-state index in [2.05, 4.69) is 10.1 Å². The smallest absolute Gasteiger partial charge is 0.405 e. The molecular weight excluding hydrogens is 311 g/mol. The van der Waals surface area contributed by atoms with Gasteiger partial charge in [-0.25, -0.2) is 0 Å². The van der Waals surface area contributed by atoms with Gasteiger partial charge < -0.3 is 10.1 Å². The van der Waals surface area contributed by atoms with Crippen LogP contribution in [0, 0.1) is 0 Å². The van der Waals surface area contributed by atoms with Gasteiger partial charge in [-0.3, -0.25) is 0 Å². The first-order valence-electron chi connectivity index (χ1n) is 5.72. The summed E-state index contributed by atoms with van der Waals surface area (Å²) in [4.78, 5) is 1.02. The van der Waals surface area contributed by atoms with Crippen LogP contribution in [0.25, 0.3) is 0 Å². The molecule has 0 spiro atoms. The molecule has 0 radical (unpaired) electrons. The maximum atomic E-state index is 12.3. The molecule has 1 heterocycles. The molecular formula is C13H11ClF3NOS. The zero-order valence-corrected chi connectivity index (χ0v) is 11.8. The second kappa shape index (κ2) is 6.47. The van der Waals surface area contributed by atoms with Crippen molar-refractivity contribution >= 4 is 22.9 Å². The highest BCUT2D eigenvalue weighted by Crippen LogP contribution is 2.26. The van der Waals surface area contributed by atoms with Gasteiger partial charge in [0.2, 0.25) is 0 Å². The molecule has 1 aromatic carbocycles. The van der Waals surface area contributed by atoms with Gasteiger partial charge in [0.25, 0.3) is 0 Å². The minimum Gasteiger partial charge on any atom is -0.405 e. The van der Waals surface area contributed by atoms with Crippen LogP contribution >= 0.6 is 22.9 Å². The second-order valence-corrected chi connectivity index (χ2v) is 5.76. The summed E-state index contributed by atoms with van der Waals surface area (Å²) in [6.45, 7) is 0.819. The fourth-order valence-corrected chi connectivity index (χ4v) is 2.70. The zero-order valence-electron chi connectivity index (χ0n) is 10.2. The van der Waals surface area contributed by atoms with Gasteiger partial charge in [0.15, 0.2) is 0 Å². The van der Waals surface area contributed by atoms with E-state index >= 15 is 0 Å². The zero-order chi connectivity index (χ0) is 14.6. The topological polar surface area (TPSA) is 21.3 Å². The molecule has 2 rings (SSSR count). The largest absolute Gasteiger partial charge is 0.573 e. The van der Waals surface area contributed by atoms with Gasteiger partial charge in [-0.1, -0.05) is 29.8 Å². The summed E-state index contributed by atoms with van der Waals surface area (Å²) >= 11 is 7.23. The minimum absolute atomic E-state index is 0.184. The fraction of sp³-hybridized carbons (Fsp3) is 0.231. The highest BCUT2D eigenvalue weighted by Gasteiger charge is 2.31. The molecule has 0 atom stereocenters. The van der Waals surface area contributed by atoms with Crippen LogP contribution in [-0.4, -0.2) is 6.36 Å². The van der Waals surface area contributed by atoms with E-state index in [1.807, 2.05) is 6.07 Å². The van der Waals surface area contributed by atoms with Gasteiger partial charge in [0.05, 0.1) is 4.34 Å². The molecule has 0 aliphatic heterocycles. The van der Waals surface area contributed by atoms with Gasteiger partial charge in [-0.05, 0) is 18.2 Å². The Kier molecular flexibility index (Phi) is 4.91. The number of ether oxygens (including phenoxy) is 1. The van der Waals surface area contributed by atoms with E-state index < -0.39 is 6.36 Å². The molecule has 0 saturated heterocycles. The van der Waals surface area contributed by atoms with Crippen LogP contribution in [0.15, 0.2) is 36.4 Å². The summed E-state index contributed by atoms with van der Waals surface area (Å²) in [7, 11) is 0. The number of para-hydroxylation sites is 1. The number of thiophene rings is 1. The third-order valence-corrected chi connectivity index (χ3v) is 3.67. The molecule has 108 valence electrons. The van der Waals surface area contributed by atoms with Gasteiger partial charge in [0.1, 0.15) is 5.75 Å². The van der Waals surface area contributed by atoms with Crippen LogP contribution in [-0.2, 0) is 13.1 Å². The number of alkyl halides is 3. The molecule has 0 bridgehead atoms. The predicted molar refractivity (Wildman–Crippen MR) is 73.0 cm³/mol. The Hall–Kier alpha value is -1.24. The quantitative estimate of drug-likeness (QED) is 0.869. The summed E-state index contributed by atoms with van der Waals surface area (Å²) < 4.78 is 41.4. The van der Waals surface area contributed by atoms with Gasteiger partial charge >= 0.3 is 6.36 Å². The number of rotatable bonds is 5. The Labute approximate surface area is 123 Å². The van der Waals surface area contributed by atoms with Gasteiger partial charge in [0, 0.05) is 23.5 Å². The molecule has 2 aromatic rings. The van der Waals surface area contributed by atoms with Crippen molar-refractivity contribution in [2.24, 2.45) is 0 Å². The number of hydrogen-bond donors (Lipinski definition) is 1. The molecule has 1 N–H and O–H groups in total. The van der Waals surface area contributed by atoms with Crippen LogP contribution < -0.4 is 10.1 Å². The number of halogens is 4. The van der Waals surface area contributed by atoms with E-state index in [1.165, 1.54) is 23.5 Å². The number of nitrogens with one attached hydrogen (secondary N) is 1. The van der Waals surface area contributed by atoms with Crippen LogP contribution in [0.1, 0.15) is 10.4 Å². The summed E-state index contributed by atoms with van der Waals surface area (Å²) in [5.41, 5.74) is 0.451. The lowest BCUT2D eigenvalue weighted by Crippen LogP contribution is -2.19.